The normalized spacial score (nSPS) is 18.7. The lowest BCUT2D eigenvalue weighted by Gasteiger charge is -2.34. The summed E-state index contributed by atoms with van der Waals surface area (Å²) < 4.78 is 27.0. The fourth-order valence-electron chi connectivity index (χ4n) is 3.97. The molecule has 0 spiro atoms. The summed E-state index contributed by atoms with van der Waals surface area (Å²) in [6.07, 6.45) is 5.18. The zero-order valence-corrected chi connectivity index (χ0v) is 17.3. The molecule has 29 heavy (non-hydrogen) atoms. The molecule has 1 amide bonds. The van der Waals surface area contributed by atoms with Crippen LogP contribution in [0.3, 0.4) is 0 Å². The third-order valence-corrected chi connectivity index (χ3v) is 6.57. The molecule has 5 nitrogen and oxygen atoms in total. The van der Waals surface area contributed by atoms with Gasteiger partial charge in [0.1, 0.15) is 11.6 Å². The van der Waals surface area contributed by atoms with Gasteiger partial charge in [-0.3, -0.25) is 9.69 Å². The number of nitrogens with zero attached hydrogens (tertiary/aromatic N) is 4. The van der Waals surface area contributed by atoms with E-state index in [0.717, 1.165) is 42.6 Å². The smallest absolute Gasteiger partial charge is 0.256 e. The minimum Gasteiger partial charge on any atom is -0.345 e. The lowest BCUT2D eigenvalue weighted by atomic mass is 10.1. The van der Waals surface area contributed by atoms with Gasteiger partial charge in [0.25, 0.3) is 5.91 Å². The molecule has 0 unspecified atom stereocenters. The number of benzene rings is 1. The van der Waals surface area contributed by atoms with Gasteiger partial charge in [0.2, 0.25) is 0 Å². The molecule has 0 saturated carbocycles. The topological polar surface area (TPSA) is 39.7 Å². The number of thiazole rings is 1. The minimum atomic E-state index is -0.810. The Hall–Kier alpha value is -2.06. The number of hydrogen-bond acceptors (Lipinski definition) is 5. The Morgan fingerprint density at radius 2 is 1.72 bits per heavy atom. The Labute approximate surface area is 173 Å². The van der Waals surface area contributed by atoms with Crippen LogP contribution in [0, 0.1) is 11.6 Å². The third-order valence-electron chi connectivity index (χ3n) is 5.62. The Morgan fingerprint density at radius 1 is 1.00 bits per heavy atom. The van der Waals surface area contributed by atoms with Crippen LogP contribution in [0.2, 0.25) is 0 Å². The van der Waals surface area contributed by atoms with Crippen molar-refractivity contribution in [1.29, 1.82) is 0 Å². The highest BCUT2D eigenvalue weighted by atomic mass is 32.1. The summed E-state index contributed by atoms with van der Waals surface area (Å²) in [5.41, 5.74) is 1.03. The summed E-state index contributed by atoms with van der Waals surface area (Å²) >= 11 is 1.64. The van der Waals surface area contributed by atoms with Gasteiger partial charge >= 0.3 is 0 Å². The molecule has 1 aromatic carbocycles. The van der Waals surface area contributed by atoms with Gasteiger partial charge in [-0.25, -0.2) is 13.8 Å². The first kappa shape index (κ1) is 20.2. The first-order valence-electron chi connectivity index (χ1n) is 10.3. The molecule has 3 heterocycles. The van der Waals surface area contributed by atoms with Crippen molar-refractivity contribution in [1.82, 2.24) is 14.8 Å². The number of likely N-dealkylation sites (tertiary alicyclic amines) is 1. The van der Waals surface area contributed by atoms with Crippen LogP contribution in [-0.4, -0.2) is 60.0 Å². The van der Waals surface area contributed by atoms with E-state index >= 15 is 0 Å². The molecular weight excluding hydrogens is 394 g/mol. The highest BCUT2D eigenvalue weighted by Crippen LogP contribution is 2.24. The molecule has 1 aromatic heterocycles. The van der Waals surface area contributed by atoms with E-state index in [2.05, 4.69) is 15.2 Å². The standard InChI is InChI=1S/C21H26F2N4OS/c22-16-5-6-18(19(23)13-16)20(28)26-9-11-27(12-10-26)21-24-17(15-29-21)14-25-7-3-1-2-4-8-25/h5-6,13,15H,1-4,7-12,14H2. The average Bonchev–Trinajstić information content (AvgIpc) is 3.03. The van der Waals surface area contributed by atoms with Crippen molar-refractivity contribution in [3.05, 3.63) is 46.5 Å². The Bertz CT molecular complexity index is 843. The van der Waals surface area contributed by atoms with E-state index in [1.165, 1.54) is 31.7 Å². The van der Waals surface area contributed by atoms with E-state index < -0.39 is 11.6 Å². The molecule has 156 valence electrons. The van der Waals surface area contributed by atoms with Crippen molar-refractivity contribution in [3.63, 3.8) is 0 Å². The fourth-order valence-corrected chi connectivity index (χ4v) is 4.84. The average molecular weight is 421 g/mol. The summed E-state index contributed by atoms with van der Waals surface area (Å²) in [4.78, 5) is 23.7. The molecule has 0 N–H and O–H groups in total. The van der Waals surface area contributed by atoms with Crippen molar-refractivity contribution in [2.24, 2.45) is 0 Å². The summed E-state index contributed by atoms with van der Waals surface area (Å²) in [6.45, 7) is 5.50. The van der Waals surface area contributed by atoms with Crippen molar-refractivity contribution >= 4 is 22.4 Å². The van der Waals surface area contributed by atoms with Crippen LogP contribution in [0.15, 0.2) is 23.6 Å². The Morgan fingerprint density at radius 3 is 2.41 bits per heavy atom. The summed E-state index contributed by atoms with van der Waals surface area (Å²) in [5.74, 6) is -1.87. The van der Waals surface area contributed by atoms with Gasteiger partial charge in [0, 0.05) is 44.2 Å². The van der Waals surface area contributed by atoms with Crippen molar-refractivity contribution in [2.75, 3.05) is 44.2 Å². The number of carbonyl (C=O) groups is 1. The third kappa shape index (κ3) is 4.93. The van der Waals surface area contributed by atoms with Crippen molar-refractivity contribution < 1.29 is 13.6 Å². The zero-order chi connectivity index (χ0) is 20.2. The van der Waals surface area contributed by atoms with E-state index in [1.807, 2.05) is 0 Å². The maximum Gasteiger partial charge on any atom is 0.256 e. The second-order valence-electron chi connectivity index (χ2n) is 7.72. The number of halogens is 2. The van der Waals surface area contributed by atoms with Gasteiger partial charge in [0.05, 0.1) is 11.3 Å². The van der Waals surface area contributed by atoms with Crippen LogP contribution < -0.4 is 4.90 Å². The number of aromatic nitrogens is 1. The number of piperazine rings is 1. The van der Waals surface area contributed by atoms with Gasteiger partial charge in [-0.15, -0.1) is 11.3 Å². The van der Waals surface area contributed by atoms with Gasteiger partial charge in [-0.1, -0.05) is 12.8 Å². The minimum absolute atomic E-state index is 0.0752. The van der Waals surface area contributed by atoms with Crippen molar-refractivity contribution in [3.8, 4) is 0 Å². The maximum absolute atomic E-state index is 13.9. The van der Waals surface area contributed by atoms with E-state index in [4.69, 9.17) is 4.98 Å². The summed E-state index contributed by atoms with van der Waals surface area (Å²) in [7, 11) is 0. The molecule has 0 atom stereocenters. The van der Waals surface area contributed by atoms with Crippen LogP contribution in [0.5, 0.6) is 0 Å². The maximum atomic E-state index is 13.9. The predicted molar refractivity (Wildman–Crippen MR) is 110 cm³/mol. The summed E-state index contributed by atoms with van der Waals surface area (Å²) in [5, 5.41) is 3.11. The van der Waals surface area contributed by atoms with Crippen LogP contribution in [0.1, 0.15) is 41.7 Å². The molecule has 0 aliphatic carbocycles. The zero-order valence-electron chi connectivity index (χ0n) is 16.4. The summed E-state index contributed by atoms with van der Waals surface area (Å²) in [6, 6.07) is 3.09. The van der Waals surface area contributed by atoms with E-state index in [1.54, 1.807) is 16.2 Å². The molecule has 8 heteroatoms. The van der Waals surface area contributed by atoms with Gasteiger partial charge in [-0.05, 0) is 38.1 Å². The molecule has 0 bridgehead atoms. The number of hydrogen-bond donors (Lipinski definition) is 0. The fraction of sp³-hybridized carbons (Fsp3) is 0.524. The number of rotatable bonds is 4. The molecule has 2 aliphatic rings. The van der Waals surface area contributed by atoms with Gasteiger partial charge in [-0.2, -0.15) is 0 Å². The van der Waals surface area contributed by atoms with Gasteiger partial charge < -0.3 is 9.80 Å². The van der Waals surface area contributed by atoms with Gasteiger partial charge in [0.15, 0.2) is 5.13 Å². The lowest BCUT2D eigenvalue weighted by molar-refractivity contribution is 0.0742. The van der Waals surface area contributed by atoms with Crippen LogP contribution >= 0.6 is 11.3 Å². The Kier molecular flexibility index (Phi) is 6.40. The predicted octanol–water partition coefficient (Wildman–Crippen LogP) is 3.76. The highest BCUT2D eigenvalue weighted by Gasteiger charge is 2.25. The first-order chi connectivity index (χ1) is 14.1. The SMILES string of the molecule is O=C(c1ccc(F)cc1F)N1CCN(c2nc(CN3CCCCCC3)cs2)CC1. The molecule has 2 aliphatic heterocycles. The van der Waals surface area contributed by atoms with Crippen LogP contribution in [0.25, 0.3) is 0 Å². The molecule has 2 saturated heterocycles. The number of anilines is 1. The Balaban J connectivity index is 1.32. The van der Waals surface area contributed by atoms with E-state index in [9.17, 15) is 13.6 Å². The van der Waals surface area contributed by atoms with E-state index in [0.29, 0.717) is 26.2 Å². The van der Waals surface area contributed by atoms with E-state index in [-0.39, 0.29) is 11.5 Å². The van der Waals surface area contributed by atoms with Crippen LogP contribution in [0.4, 0.5) is 13.9 Å². The number of carbonyl (C=O) groups excluding carboxylic acids is 1. The second-order valence-corrected chi connectivity index (χ2v) is 8.55. The van der Waals surface area contributed by atoms with Crippen molar-refractivity contribution in [2.45, 2.75) is 32.2 Å². The lowest BCUT2D eigenvalue weighted by Crippen LogP contribution is -2.49. The van der Waals surface area contributed by atoms with Crippen LogP contribution in [-0.2, 0) is 6.54 Å². The first-order valence-corrected chi connectivity index (χ1v) is 11.1. The highest BCUT2D eigenvalue weighted by molar-refractivity contribution is 7.13. The molecular formula is C21H26F2N4OS. The number of amides is 1. The largest absolute Gasteiger partial charge is 0.345 e. The molecule has 0 radical (unpaired) electrons. The molecule has 2 aromatic rings. The molecule has 4 rings (SSSR count). The monoisotopic (exact) mass is 420 g/mol. The molecule has 2 fully saturated rings. The second kappa shape index (κ2) is 9.17. The quantitative estimate of drug-likeness (QED) is 0.755.